The van der Waals surface area contributed by atoms with E-state index < -0.39 is 5.97 Å². The molecule has 0 aliphatic heterocycles. The Morgan fingerprint density at radius 2 is 2.00 bits per heavy atom. The van der Waals surface area contributed by atoms with Gasteiger partial charge in [0.05, 0.1) is 25.0 Å². The minimum absolute atomic E-state index is 0.0640. The second-order valence-corrected chi connectivity index (χ2v) is 7.10. The van der Waals surface area contributed by atoms with Gasteiger partial charge in [0.1, 0.15) is 12.3 Å². The molecule has 0 aliphatic rings. The molecule has 2 amide bonds. The first-order valence-corrected chi connectivity index (χ1v) is 9.66. The average Bonchev–Trinajstić information content (AvgIpc) is 3.12. The normalized spacial score (nSPS) is 10.1. The molecule has 1 aromatic heterocycles. The highest BCUT2D eigenvalue weighted by molar-refractivity contribution is 8.01. The third kappa shape index (κ3) is 6.53. The number of esters is 1. The fourth-order valence-corrected chi connectivity index (χ4v) is 3.45. The van der Waals surface area contributed by atoms with Crippen LogP contribution in [0.2, 0.25) is 0 Å². The molecule has 144 valence electrons. The van der Waals surface area contributed by atoms with E-state index in [1.165, 1.54) is 7.11 Å². The maximum Gasteiger partial charge on any atom is 0.325 e. The standard InChI is InChI=1S/C16H18N4O5S2/c1-3-25-13(22)8-17-12(21)9-26-16-20-19-15(27-16)18-14(23)10-6-4-5-7-11(10)24-2/h4-7H,3,8-9H2,1-2H3,(H,17,21)(H,18,19,23). The minimum Gasteiger partial charge on any atom is -0.496 e. The topological polar surface area (TPSA) is 120 Å². The van der Waals surface area contributed by atoms with Gasteiger partial charge >= 0.3 is 5.97 Å². The Morgan fingerprint density at radius 3 is 2.74 bits per heavy atom. The molecule has 0 fully saturated rings. The van der Waals surface area contributed by atoms with E-state index in [9.17, 15) is 14.4 Å². The number of hydrogen-bond donors (Lipinski definition) is 2. The maximum atomic E-state index is 12.3. The van der Waals surface area contributed by atoms with Crippen LogP contribution in [0.5, 0.6) is 5.75 Å². The Labute approximate surface area is 163 Å². The summed E-state index contributed by atoms with van der Waals surface area (Å²) in [4.78, 5) is 35.2. The summed E-state index contributed by atoms with van der Waals surface area (Å²) in [7, 11) is 1.48. The van der Waals surface area contributed by atoms with Crippen molar-refractivity contribution in [3.63, 3.8) is 0 Å². The number of ether oxygens (including phenoxy) is 2. The molecule has 0 saturated heterocycles. The van der Waals surface area contributed by atoms with Crippen LogP contribution in [0.3, 0.4) is 0 Å². The summed E-state index contributed by atoms with van der Waals surface area (Å²) in [6, 6.07) is 6.82. The van der Waals surface area contributed by atoms with Crippen LogP contribution in [0.25, 0.3) is 0 Å². The van der Waals surface area contributed by atoms with Gasteiger partial charge in [-0.15, -0.1) is 10.2 Å². The SMILES string of the molecule is CCOC(=O)CNC(=O)CSc1nnc(NC(=O)c2ccccc2OC)s1. The van der Waals surface area contributed by atoms with E-state index in [1.807, 2.05) is 0 Å². The van der Waals surface area contributed by atoms with Crippen LogP contribution in [0, 0.1) is 0 Å². The molecule has 1 aromatic carbocycles. The van der Waals surface area contributed by atoms with Crippen molar-refractivity contribution >= 4 is 46.0 Å². The van der Waals surface area contributed by atoms with E-state index in [0.717, 1.165) is 23.1 Å². The number of para-hydroxylation sites is 1. The van der Waals surface area contributed by atoms with Crippen molar-refractivity contribution in [1.29, 1.82) is 0 Å². The second kappa shape index (κ2) is 10.5. The van der Waals surface area contributed by atoms with Crippen LogP contribution < -0.4 is 15.4 Å². The summed E-state index contributed by atoms with van der Waals surface area (Å²) >= 11 is 2.29. The molecule has 1 heterocycles. The van der Waals surface area contributed by atoms with Crippen LogP contribution in [0.4, 0.5) is 5.13 Å². The molecule has 2 N–H and O–H groups in total. The van der Waals surface area contributed by atoms with Gasteiger partial charge in [0.25, 0.3) is 5.91 Å². The summed E-state index contributed by atoms with van der Waals surface area (Å²) in [6.07, 6.45) is 0. The van der Waals surface area contributed by atoms with Crippen molar-refractivity contribution in [3.05, 3.63) is 29.8 Å². The molecule has 0 aliphatic carbocycles. The molecule has 9 nitrogen and oxygen atoms in total. The number of carbonyl (C=O) groups is 3. The molecule has 11 heteroatoms. The quantitative estimate of drug-likeness (QED) is 0.363. The highest BCUT2D eigenvalue weighted by Gasteiger charge is 2.15. The monoisotopic (exact) mass is 410 g/mol. The Bertz CT molecular complexity index is 812. The molecule has 0 atom stereocenters. The molecule has 2 rings (SSSR count). The number of rotatable bonds is 9. The third-order valence-corrected chi connectivity index (χ3v) is 5.01. The zero-order chi connectivity index (χ0) is 19.6. The summed E-state index contributed by atoms with van der Waals surface area (Å²) in [5.74, 6) is -0.676. The molecule has 0 saturated carbocycles. The predicted molar refractivity (Wildman–Crippen MR) is 101 cm³/mol. The first-order chi connectivity index (χ1) is 13.0. The fourth-order valence-electron chi connectivity index (χ4n) is 1.88. The van der Waals surface area contributed by atoms with Crippen molar-refractivity contribution in [3.8, 4) is 5.75 Å². The Hall–Kier alpha value is -2.66. The lowest BCUT2D eigenvalue weighted by molar-refractivity contribution is -0.143. The van der Waals surface area contributed by atoms with Gasteiger partial charge in [-0.05, 0) is 19.1 Å². The number of methoxy groups -OCH3 is 1. The summed E-state index contributed by atoms with van der Waals surface area (Å²) in [5.41, 5.74) is 0.378. The highest BCUT2D eigenvalue weighted by atomic mass is 32.2. The fraction of sp³-hybridized carbons (Fsp3) is 0.312. The number of nitrogens with one attached hydrogen (secondary N) is 2. The number of carbonyl (C=O) groups excluding carboxylic acids is 3. The van der Waals surface area contributed by atoms with Crippen LogP contribution in [-0.2, 0) is 14.3 Å². The van der Waals surface area contributed by atoms with Crippen molar-refractivity contribution < 1.29 is 23.9 Å². The number of benzene rings is 1. The molecular formula is C16H18N4O5S2. The van der Waals surface area contributed by atoms with Crippen LogP contribution >= 0.6 is 23.1 Å². The lowest BCUT2D eigenvalue weighted by Gasteiger charge is -2.06. The minimum atomic E-state index is -0.492. The van der Waals surface area contributed by atoms with Gasteiger partial charge in [0.2, 0.25) is 11.0 Å². The highest BCUT2D eigenvalue weighted by Crippen LogP contribution is 2.26. The number of anilines is 1. The van der Waals surface area contributed by atoms with Gasteiger partial charge < -0.3 is 14.8 Å². The Kier molecular flexibility index (Phi) is 8.01. The van der Waals surface area contributed by atoms with E-state index in [0.29, 0.717) is 20.8 Å². The molecular weight excluding hydrogens is 392 g/mol. The molecule has 0 spiro atoms. The first-order valence-electron chi connectivity index (χ1n) is 7.86. The summed E-state index contributed by atoms with van der Waals surface area (Å²) in [5, 5.41) is 13.2. The third-order valence-electron chi connectivity index (χ3n) is 3.04. The smallest absolute Gasteiger partial charge is 0.325 e. The summed E-state index contributed by atoms with van der Waals surface area (Å²) in [6.45, 7) is 1.77. The van der Waals surface area contributed by atoms with Crippen LogP contribution in [0.1, 0.15) is 17.3 Å². The van der Waals surface area contributed by atoms with Gasteiger partial charge in [-0.1, -0.05) is 35.2 Å². The predicted octanol–water partition coefficient (Wildman–Crippen LogP) is 1.57. The van der Waals surface area contributed by atoms with Gasteiger partial charge in [-0.25, -0.2) is 0 Å². The lowest BCUT2D eigenvalue weighted by Crippen LogP contribution is -2.31. The van der Waals surface area contributed by atoms with E-state index in [1.54, 1.807) is 31.2 Å². The Balaban J connectivity index is 1.83. The van der Waals surface area contributed by atoms with E-state index in [-0.39, 0.29) is 30.7 Å². The molecule has 27 heavy (non-hydrogen) atoms. The van der Waals surface area contributed by atoms with E-state index >= 15 is 0 Å². The zero-order valence-electron chi connectivity index (χ0n) is 14.7. The number of aromatic nitrogens is 2. The maximum absolute atomic E-state index is 12.3. The van der Waals surface area contributed by atoms with E-state index in [2.05, 4.69) is 20.8 Å². The largest absolute Gasteiger partial charge is 0.496 e. The molecule has 0 unspecified atom stereocenters. The van der Waals surface area contributed by atoms with Crippen molar-refractivity contribution in [2.24, 2.45) is 0 Å². The van der Waals surface area contributed by atoms with Crippen molar-refractivity contribution in [1.82, 2.24) is 15.5 Å². The molecule has 0 radical (unpaired) electrons. The van der Waals surface area contributed by atoms with Gasteiger partial charge in [0, 0.05) is 0 Å². The number of thioether (sulfide) groups is 1. The van der Waals surface area contributed by atoms with Crippen LogP contribution in [0.15, 0.2) is 28.6 Å². The van der Waals surface area contributed by atoms with Gasteiger partial charge in [-0.3, -0.25) is 19.7 Å². The number of hydrogen-bond acceptors (Lipinski definition) is 9. The zero-order valence-corrected chi connectivity index (χ0v) is 16.3. The summed E-state index contributed by atoms with van der Waals surface area (Å²) < 4.78 is 10.4. The lowest BCUT2D eigenvalue weighted by atomic mass is 10.2. The van der Waals surface area contributed by atoms with Gasteiger partial charge in [0.15, 0.2) is 4.34 Å². The van der Waals surface area contributed by atoms with Crippen molar-refractivity contribution in [2.45, 2.75) is 11.3 Å². The van der Waals surface area contributed by atoms with Gasteiger partial charge in [-0.2, -0.15) is 0 Å². The molecule has 2 aromatic rings. The van der Waals surface area contributed by atoms with Crippen molar-refractivity contribution in [2.75, 3.05) is 31.3 Å². The Morgan fingerprint density at radius 1 is 1.22 bits per heavy atom. The number of nitrogens with zero attached hydrogens (tertiary/aromatic N) is 2. The molecule has 0 bridgehead atoms. The van der Waals surface area contributed by atoms with Crippen LogP contribution in [-0.4, -0.2) is 54.0 Å². The number of amides is 2. The first kappa shape index (κ1) is 20.6. The van der Waals surface area contributed by atoms with E-state index in [4.69, 9.17) is 9.47 Å². The average molecular weight is 410 g/mol. The second-order valence-electron chi connectivity index (χ2n) is 4.90.